The number of aliphatic hydroxyl groups is 2. The fourth-order valence-electron chi connectivity index (χ4n) is 8.81. The summed E-state index contributed by atoms with van der Waals surface area (Å²) in [5.41, 5.74) is 0.271. The minimum absolute atomic E-state index is 0.0198. The fourth-order valence-corrected chi connectivity index (χ4v) is 8.81. The number of hydrogen-bond donors (Lipinski definition) is 2. The van der Waals surface area contributed by atoms with Crippen LogP contribution >= 0.6 is 0 Å². The van der Waals surface area contributed by atoms with Crippen molar-refractivity contribution < 1.29 is 19.7 Å². The van der Waals surface area contributed by atoms with Gasteiger partial charge in [-0.2, -0.15) is 0 Å². The number of hydrogen-bond acceptors (Lipinski definition) is 4. The maximum atomic E-state index is 11.6. The summed E-state index contributed by atoms with van der Waals surface area (Å²) in [6.07, 6.45) is 9.86. The first kappa shape index (κ1) is 21.6. The minimum Gasteiger partial charge on any atom is -0.469 e. The van der Waals surface area contributed by atoms with Crippen LogP contribution in [0, 0.1) is 46.3 Å². The zero-order valence-electron chi connectivity index (χ0n) is 18.9. The van der Waals surface area contributed by atoms with E-state index in [1.165, 1.54) is 32.8 Å². The van der Waals surface area contributed by atoms with Crippen molar-refractivity contribution in [1.29, 1.82) is 0 Å². The Kier molecular flexibility index (Phi) is 5.83. The Morgan fingerprint density at radius 3 is 2.55 bits per heavy atom. The van der Waals surface area contributed by atoms with Gasteiger partial charge < -0.3 is 14.9 Å². The van der Waals surface area contributed by atoms with Gasteiger partial charge in [-0.05, 0) is 104 Å². The normalized spacial score (nSPS) is 50.2. The molecule has 0 heterocycles. The molecule has 4 aliphatic carbocycles. The lowest BCUT2D eigenvalue weighted by Crippen LogP contribution is -2.58. The van der Waals surface area contributed by atoms with E-state index in [9.17, 15) is 15.0 Å². The van der Waals surface area contributed by atoms with E-state index in [0.29, 0.717) is 41.4 Å². The smallest absolute Gasteiger partial charge is 0.305 e. The van der Waals surface area contributed by atoms with Crippen molar-refractivity contribution >= 4 is 5.97 Å². The molecule has 4 unspecified atom stereocenters. The van der Waals surface area contributed by atoms with E-state index in [-0.39, 0.29) is 23.6 Å². The topological polar surface area (TPSA) is 66.8 Å². The Morgan fingerprint density at radius 1 is 1.07 bits per heavy atom. The maximum Gasteiger partial charge on any atom is 0.305 e. The summed E-state index contributed by atoms with van der Waals surface area (Å²) >= 11 is 0. The summed E-state index contributed by atoms with van der Waals surface area (Å²) in [4.78, 5) is 11.6. The first-order valence-electron chi connectivity index (χ1n) is 12.1. The van der Waals surface area contributed by atoms with E-state index in [1.807, 2.05) is 0 Å². The fraction of sp³-hybridized carbons (Fsp3) is 0.960. The lowest BCUT2D eigenvalue weighted by molar-refractivity contribution is -0.175. The SMILES string of the molecule is COC(=O)CC[C@@H](C)C1CCC2C3CC[C@@H]4C[C@H](O)CC[C@]4(C)C3C[C@H](O)[C@@]21C. The number of aliphatic hydroxyl groups excluding tert-OH is 2. The van der Waals surface area contributed by atoms with Gasteiger partial charge in [0.1, 0.15) is 0 Å². The lowest BCUT2D eigenvalue weighted by atomic mass is 9.43. The summed E-state index contributed by atoms with van der Waals surface area (Å²) in [7, 11) is 1.46. The first-order chi connectivity index (χ1) is 13.7. The van der Waals surface area contributed by atoms with Crippen molar-refractivity contribution in [3.05, 3.63) is 0 Å². The maximum absolute atomic E-state index is 11.6. The molecule has 0 aromatic carbocycles. The molecule has 4 nitrogen and oxygen atoms in total. The molecule has 166 valence electrons. The molecule has 0 aromatic heterocycles. The molecular weight excluding hydrogens is 364 g/mol. The van der Waals surface area contributed by atoms with Crippen LogP contribution in [0.2, 0.25) is 0 Å². The molecule has 4 rings (SSSR count). The van der Waals surface area contributed by atoms with E-state index in [2.05, 4.69) is 20.8 Å². The highest BCUT2D eigenvalue weighted by Gasteiger charge is 2.63. The lowest BCUT2D eigenvalue weighted by Gasteiger charge is -2.62. The van der Waals surface area contributed by atoms with Crippen LogP contribution in [0.15, 0.2) is 0 Å². The van der Waals surface area contributed by atoms with Crippen molar-refractivity contribution in [3.63, 3.8) is 0 Å². The van der Waals surface area contributed by atoms with Gasteiger partial charge in [0, 0.05) is 6.42 Å². The molecule has 0 spiro atoms. The van der Waals surface area contributed by atoms with Crippen LogP contribution in [0.5, 0.6) is 0 Å². The molecule has 4 saturated carbocycles. The summed E-state index contributed by atoms with van der Waals surface area (Å²) in [5.74, 6) is 3.36. The summed E-state index contributed by atoms with van der Waals surface area (Å²) in [5, 5.41) is 21.8. The Labute approximate surface area is 176 Å². The minimum atomic E-state index is -0.246. The standard InChI is InChI=1S/C25H42O4/c1-15(5-10-23(28)29-4)19-8-9-20-18-7-6-16-13-17(26)11-12-24(16,2)21(18)14-22(27)25(19,20)3/h15-22,26-27H,5-14H2,1-4H3/t15-,16-,17-,18?,19?,20?,21?,22+,24+,25-/m1/s1. The molecule has 0 aliphatic heterocycles. The van der Waals surface area contributed by atoms with Gasteiger partial charge in [-0.3, -0.25) is 4.79 Å². The molecule has 4 heteroatoms. The molecule has 0 amide bonds. The molecule has 0 saturated heterocycles. The average Bonchev–Trinajstić information content (AvgIpc) is 3.06. The van der Waals surface area contributed by atoms with Gasteiger partial charge in [-0.1, -0.05) is 20.8 Å². The van der Waals surface area contributed by atoms with Crippen molar-refractivity contribution in [1.82, 2.24) is 0 Å². The zero-order chi connectivity index (χ0) is 21.0. The highest BCUT2D eigenvalue weighted by atomic mass is 16.5. The number of fused-ring (bicyclic) bond motifs is 5. The number of rotatable bonds is 4. The number of esters is 1. The van der Waals surface area contributed by atoms with Gasteiger partial charge in [-0.25, -0.2) is 0 Å². The third-order valence-electron chi connectivity index (χ3n) is 10.5. The highest BCUT2D eigenvalue weighted by Crippen LogP contribution is 2.68. The second kappa shape index (κ2) is 7.82. The molecule has 0 bridgehead atoms. The van der Waals surface area contributed by atoms with Gasteiger partial charge in [-0.15, -0.1) is 0 Å². The van der Waals surface area contributed by atoms with Crippen LogP contribution in [-0.4, -0.2) is 35.5 Å². The van der Waals surface area contributed by atoms with E-state index < -0.39 is 0 Å². The molecule has 4 fully saturated rings. The van der Waals surface area contributed by atoms with Gasteiger partial charge in [0.15, 0.2) is 0 Å². The van der Waals surface area contributed by atoms with Crippen molar-refractivity contribution in [3.8, 4) is 0 Å². The second-order valence-electron chi connectivity index (χ2n) is 11.5. The third kappa shape index (κ3) is 3.37. The monoisotopic (exact) mass is 406 g/mol. The van der Waals surface area contributed by atoms with Crippen LogP contribution in [0.4, 0.5) is 0 Å². The van der Waals surface area contributed by atoms with E-state index in [0.717, 1.165) is 38.0 Å². The Bertz CT molecular complexity index is 620. The van der Waals surface area contributed by atoms with Crippen LogP contribution < -0.4 is 0 Å². The molecule has 4 aliphatic rings. The molecule has 2 N–H and O–H groups in total. The third-order valence-corrected chi connectivity index (χ3v) is 10.5. The van der Waals surface area contributed by atoms with Crippen LogP contribution in [0.25, 0.3) is 0 Å². The van der Waals surface area contributed by atoms with E-state index >= 15 is 0 Å². The molecule has 0 radical (unpaired) electrons. The van der Waals surface area contributed by atoms with Gasteiger partial charge in [0.05, 0.1) is 19.3 Å². The number of carbonyl (C=O) groups is 1. The van der Waals surface area contributed by atoms with E-state index in [4.69, 9.17) is 4.74 Å². The van der Waals surface area contributed by atoms with Crippen LogP contribution in [0.1, 0.15) is 85.0 Å². The van der Waals surface area contributed by atoms with Crippen molar-refractivity contribution in [2.45, 2.75) is 97.2 Å². The van der Waals surface area contributed by atoms with Gasteiger partial charge >= 0.3 is 5.97 Å². The first-order valence-corrected chi connectivity index (χ1v) is 12.1. The molecule has 10 atom stereocenters. The summed E-state index contributed by atoms with van der Waals surface area (Å²) in [6, 6.07) is 0. The number of carbonyl (C=O) groups excluding carboxylic acids is 1. The number of ether oxygens (including phenoxy) is 1. The summed E-state index contributed by atoms with van der Waals surface area (Å²) in [6.45, 7) is 7.12. The van der Waals surface area contributed by atoms with Crippen molar-refractivity contribution in [2.24, 2.45) is 46.3 Å². The van der Waals surface area contributed by atoms with Crippen LogP contribution in [-0.2, 0) is 9.53 Å². The zero-order valence-corrected chi connectivity index (χ0v) is 18.9. The predicted octanol–water partition coefficient (Wildman–Crippen LogP) is 4.57. The van der Waals surface area contributed by atoms with E-state index in [1.54, 1.807) is 0 Å². The molecule has 0 aromatic rings. The summed E-state index contributed by atoms with van der Waals surface area (Å²) < 4.78 is 4.85. The largest absolute Gasteiger partial charge is 0.469 e. The Morgan fingerprint density at radius 2 is 1.83 bits per heavy atom. The molecular formula is C25H42O4. The average molecular weight is 407 g/mol. The Hall–Kier alpha value is -0.610. The predicted molar refractivity (Wildman–Crippen MR) is 113 cm³/mol. The van der Waals surface area contributed by atoms with Crippen molar-refractivity contribution in [2.75, 3.05) is 7.11 Å². The molecule has 29 heavy (non-hydrogen) atoms. The van der Waals surface area contributed by atoms with Gasteiger partial charge in [0.2, 0.25) is 0 Å². The number of methoxy groups -OCH3 is 1. The Balaban J connectivity index is 1.53. The van der Waals surface area contributed by atoms with Crippen LogP contribution in [0.3, 0.4) is 0 Å². The second-order valence-corrected chi connectivity index (χ2v) is 11.5. The quantitative estimate of drug-likeness (QED) is 0.671. The van der Waals surface area contributed by atoms with Gasteiger partial charge in [0.25, 0.3) is 0 Å². The highest BCUT2D eigenvalue weighted by molar-refractivity contribution is 5.69.